The Kier molecular flexibility index (Phi) is 3.49. The van der Waals surface area contributed by atoms with Gasteiger partial charge in [-0.05, 0) is 49.3 Å². The molecular formula is C19H20N4S. The molecule has 3 atom stereocenters. The van der Waals surface area contributed by atoms with Crippen LogP contribution in [0.5, 0.6) is 0 Å². The van der Waals surface area contributed by atoms with Crippen molar-refractivity contribution in [1.82, 2.24) is 15.3 Å². The molecule has 2 saturated heterocycles. The van der Waals surface area contributed by atoms with Gasteiger partial charge in [-0.2, -0.15) is 0 Å². The first-order chi connectivity index (χ1) is 11.8. The van der Waals surface area contributed by atoms with Gasteiger partial charge in [-0.15, -0.1) is 11.3 Å². The summed E-state index contributed by atoms with van der Waals surface area (Å²) in [6.07, 6.45) is 6.84. The van der Waals surface area contributed by atoms with E-state index in [0.717, 1.165) is 11.6 Å². The van der Waals surface area contributed by atoms with Crippen molar-refractivity contribution in [3.63, 3.8) is 0 Å². The van der Waals surface area contributed by atoms with E-state index in [0.29, 0.717) is 18.1 Å². The van der Waals surface area contributed by atoms with Crippen molar-refractivity contribution in [1.29, 1.82) is 0 Å². The molecule has 4 nitrogen and oxygen atoms in total. The monoisotopic (exact) mass is 336 g/mol. The Morgan fingerprint density at radius 1 is 1.08 bits per heavy atom. The standard InChI is InChI=1S/C19H20N4S/c1-2-4-17-12(3-1)9-18(24-17)16-7-8-20-19(23-16)22-15-10-13-5-6-14(11-15)21-13/h1-4,7-9,13-15,21H,5-6,10-11H2,(H,20,22,23)/t13-,14+,15-. The van der Waals surface area contributed by atoms with Crippen LogP contribution in [0, 0.1) is 0 Å². The molecule has 2 aliphatic rings. The lowest BCUT2D eigenvalue weighted by molar-refractivity contribution is 0.377. The van der Waals surface area contributed by atoms with E-state index in [-0.39, 0.29) is 0 Å². The molecule has 2 bridgehead atoms. The molecular weight excluding hydrogens is 316 g/mol. The minimum absolute atomic E-state index is 0.487. The van der Waals surface area contributed by atoms with Gasteiger partial charge in [0.15, 0.2) is 0 Å². The largest absolute Gasteiger partial charge is 0.351 e. The number of anilines is 1. The molecule has 24 heavy (non-hydrogen) atoms. The Morgan fingerprint density at radius 2 is 1.92 bits per heavy atom. The predicted molar refractivity (Wildman–Crippen MR) is 99.4 cm³/mol. The first-order valence-electron chi connectivity index (χ1n) is 8.68. The molecule has 1 aromatic carbocycles. The molecule has 2 fully saturated rings. The van der Waals surface area contributed by atoms with Crippen LogP contribution in [0.4, 0.5) is 5.95 Å². The van der Waals surface area contributed by atoms with Gasteiger partial charge in [0.05, 0.1) is 10.6 Å². The molecule has 2 aromatic heterocycles. The van der Waals surface area contributed by atoms with Crippen LogP contribution < -0.4 is 10.6 Å². The zero-order chi connectivity index (χ0) is 15.9. The van der Waals surface area contributed by atoms with Crippen molar-refractivity contribution >= 4 is 27.4 Å². The Morgan fingerprint density at radius 3 is 2.75 bits per heavy atom. The first-order valence-corrected chi connectivity index (χ1v) is 9.50. The summed E-state index contributed by atoms with van der Waals surface area (Å²) in [6, 6.07) is 14.5. The van der Waals surface area contributed by atoms with Gasteiger partial charge in [0.25, 0.3) is 0 Å². The summed E-state index contributed by atoms with van der Waals surface area (Å²) in [5.74, 6) is 0.760. The third kappa shape index (κ3) is 2.68. The van der Waals surface area contributed by atoms with Gasteiger partial charge >= 0.3 is 0 Å². The zero-order valence-corrected chi connectivity index (χ0v) is 14.2. The van der Waals surface area contributed by atoms with Gasteiger partial charge in [0.2, 0.25) is 5.95 Å². The van der Waals surface area contributed by atoms with E-state index in [1.807, 2.05) is 12.3 Å². The topological polar surface area (TPSA) is 49.8 Å². The summed E-state index contributed by atoms with van der Waals surface area (Å²) >= 11 is 1.79. The van der Waals surface area contributed by atoms with E-state index >= 15 is 0 Å². The van der Waals surface area contributed by atoms with Crippen LogP contribution in [0.1, 0.15) is 25.7 Å². The maximum Gasteiger partial charge on any atom is 0.223 e. The van der Waals surface area contributed by atoms with Gasteiger partial charge in [-0.1, -0.05) is 18.2 Å². The molecule has 0 unspecified atom stereocenters. The van der Waals surface area contributed by atoms with Crippen LogP contribution >= 0.6 is 11.3 Å². The average Bonchev–Trinajstić information content (AvgIpc) is 3.18. The second-order valence-corrected chi connectivity index (χ2v) is 7.95. The van der Waals surface area contributed by atoms with Crippen LogP contribution in [0.2, 0.25) is 0 Å². The Labute approximate surface area is 145 Å². The molecule has 122 valence electrons. The molecule has 3 aromatic rings. The van der Waals surface area contributed by atoms with Gasteiger partial charge in [-0.3, -0.25) is 0 Å². The summed E-state index contributed by atoms with van der Waals surface area (Å²) in [5, 5.41) is 8.53. The van der Waals surface area contributed by atoms with E-state index in [4.69, 9.17) is 4.98 Å². The zero-order valence-electron chi connectivity index (χ0n) is 13.4. The van der Waals surface area contributed by atoms with Crippen molar-refractivity contribution < 1.29 is 0 Å². The second-order valence-electron chi connectivity index (χ2n) is 6.86. The van der Waals surface area contributed by atoms with E-state index < -0.39 is 0 Å². The minimum atomic E-state index is 0.487. The molecule has 5 heteroatoms. The minimum Gasteiger partial charge on any atom is -0.351 e. The average molecular weight is 336 g/mol. The normalized spacial score (nSPS) is 25.9. The molecule has 0 spiro atoms. The number of rotatable bonds is 3. The van der Waals surface area contributed by atoms with Crippen molar-refractivity contribution in [3.05, 3.63) is 42.6 Å². The number of nitrogens with one attached hydrogen (secondary N) is 2. The van der Waals surface area contributed by atoms with Gasteiger partial charge in [-0.25, -0.2) is 9.97 Å². The van der Waals surface area contributed by atoms with E-state index in [1.165, 1.54) is 40.6 Å². The quantitative estimate of drug-likeness (QED) is 0.757. The molecule has 0 saturated carbocycles. The highest BCUT2D eigenvalue weighted by atomic mass is 32.1. The predicted octanol–water partition coefficient (Wildman–Crippen LogP) is 4.05. The summed E-state index contributed by atoms with van der Waals surface area (Å²) in [7, 11) is 0. The second kappa shape index (κ2) is 5.83. The number of hydrogen-bond donors (Lipinski definition) is 2. The Balaban J connectivity index is 1.39. The molecule has 0 radical (unpaired) electrons. The third-order valence-corrected chi connectivity index (χ3v) is 6.28. The maximum absolute atomic E-state index is 4.77. The first kappa shape index (κ1) is 14.4. The summed E-state index contributed by atoms with van der Waals surface area (Å²) < 4.78 is 1.30. The highest BCUT2D eigenvalue weighted by molar-refractivity contribution is 7.22. The number of thiophene rings is 1. The van der Waals surface area contributed by atoms with Crippen molar-refractivity contribution in [2.75, 3.05) is 5.32 Å². The van der Waals surface area contributed by atoms with Crippen molar-refractivity contribution in [2.45, 2.75) is 43.8 Å². The van der Waals surface area contributed by atoms with E-state index in [2.05, 4.69) is 45.9 Å². The van der Waals surface area contributed by atoms with E-state index in [9.17, 15) is 0 Å². The van der Waals surface area contributed by atoms with Crippen molar-refractivity contribution in [3.8, 4) is 10.6 Å². The van der Waals surface area contributed by atoms with E-state index in [1.54, 1.807) is 11.3 Å². The molecule has 2 aliphatic heterocycles. The summed E-state index contributed by atoms with van der Waals surface area (Å²) in [6.45, 7) is 0. The smallest absolute Gasteiger partial charge is 0.223 e. The highest BCUT2D eigenvalue weighted by Crippen LogP contribution is 2.33. The lowest BCUT2D eigenvalue weighted by atomic mass is 10.0. The number of benzene rings is 1. The fraction of sp³-hybridized carbons (Fsp3) is 0.368. The number of hydrogen-bond acceptors (Lipinski definition) is 5. The Bertz CT molecular complexity index is 829. The van der Waals surface area contributed by atoms with Crippen LogP contribution in [-0.2, 0) is 0 Å². The van der Waals surface area contributed by atoms with Crippen LogP contribution in [0.3, 0.4) is 0 Å². The molecule has 0 aliphatic carbocycles. The van der Waals surface area contributed by atoms with Crippen LogP contribution in [-0.4, -0.2) is 28.1 Å². The summed E-state index contributed by atoms with van der Waals surface area (Å²) in [4.78, 5) is 10.4. The van der Waals surface area contributed by atoms with Gasteiger partial charge in [0.1, 0.15) is 0 Å². The summed E-state index contributed by atoms with van der Waals surface area (Å²) in [5.41, 5.74) is 1.01. The molecule has 0 amide bonds. The molecule has 2 N–H and O–H groups in total. The fourth-order valence-electron chi connectivity index (χ4n) is 4.03. The number of aromatic nitrogens is 2. The number of nitrogens with zero attached hydrogens (tertiary/aromatic N) is 2. The van der Waals surface area contributed by atoms with Crippen LogP contribution in [0.25, 0.3) is 20.7 Å². The maximum atomic E-state index is 4.77. The molecule has 4 heterocycles. The van der Waals surface area contributed by atoms with Crippen molar-refractivity contribution in [2.24, 2.45) is 0 Å². The lowest BCUT2D eigenvalue weighted by Gasteiger charge is -2.29. The Hall–Kier alpha value is -1.98. The van der Waals surface area contributed by atoms with Crippen LogP contribution in [0.15, 0.2) is 42.6 Å². The number of piperidine rings is 1. The lowest BCUT2D eigenvalue weighted by Crippen LogP contribution is -2.43. The number of fused-ring (bicyclic) bond motifs is 3. The third-order valence-electron chi connectivity index (χ3n) is 5.14. The SMILES string of the molecule is c1ccc2sc(-c3ccnc(N[C@@H]4C[C@H]5CC[C@@H](C4)N5)n3)cc2c1. The van der Waals surface area contributed by atoms with Gasteiger partial charge < -0.3 is 10.6 Å². The fourth-order valence-corrected chi connectivity index (χ4v) is 5.06. The molecule has 5 rings (SSSR count). The van der Waals surface area contributed by atoms with Gasteiger partial charge in [0, 0.05) is 29.0 Å². The highest BCUT2D eigenvalue weighted by Gasteiger charge is 2.33.